The Balaban J connectivity index is 1.58. The summed E-state index contributed by atoms with van der Waals surface area (Å²) in [5.41, 5.74) is 8.75. The van der Waals surface area contributed by atoms with Crippen LogP contribution in [0.4, 0.5) is 5.00 Å². The van der Waals surface area contributed by atoms with Crippen molar-refractivity contribution in [2.45, 2.75) is 18.5 Å². The minimum atomic E-state index is -0.554. The van der Waals surface area contributed by atoms with E-state index in [0.29, 0.717) is 15.7 Å². The SMILES string of the molecule is Cc1[nH]c(SCC(=O)Nc2sccc2C(N)=O)nc1Cc1ccccc1. The molecule has 0 saturated heterocycles. The third kappa shape index (κ3) is 4.53. The van der Waals surface area contributed by atoms with Crippen molar-refractivity contribution in [1.82, 2.24) is 9.97 Å². The predicted molar refractivity (Wildman–Crippen MR) is 105 cm³/mol. The van der Waals surface area contributed by atoms with E-state index in [-0.39, 0.29) is 11.7 Å². The van der Waals surface area contributed by atoms with E-state index in [2.05, 4.69) is 27.4 Å². The lowest BCUT2D eigenvalue weighted by atomic mass is 10.1. The molecular weight excluding hydrogens is 368 g/mol. The Hall–Kier alpha value is -2.58. The highest BCUT2D eigenvalue weighted by molar-refractivity contribution is 7.99. The Morgan fingerprint density at radius 3 is 2.77 bits per heavy atom. The summed E-state index contributed by atoms with van der Waals surface area (Å²) in [7, 11) is 0. The van der Waals surface area contributed by atoms with E-state index in [1.54, 1.807) is 11.4 Å². The van der Waals surface area contributed by atoms with Crippen LogP contribution in [0.25, 0.3) is 0 Å². The Bertz CT molecular complexity index is 918. The third-order valence-corrected chi connectivity index (χ3v) is 5.40. The first-order valence-electron chi connectivity index (χ1n) is 7.92. The standard InChI is InChI=1S/C18H18N4O2S2/c1-11-14(9-12-5-3-2-4-6-12)21-18(20-11)26-10-15(23)22-17-13(16(19)24)7-8-25-17/h2-8H,9-10H2,1H3,(H2,19,24)(H,20,21)(H,22,23). The smallest absolute Gasteiger partial charge is 0.251 e. The van der Waals surface area contributed by atoms with E-state index in [9.17, 15) is 9.59 Å². The van der Waals surface area contributed by atoms with Gasteiger partial charge < -0.3 is 16.0 Å². The number of amides is 2. The molecule has 8 heteroatoms. The van der Waals surface area contributed by atoms with Gasteiger partial charge in [-0.15, -0.1) is 11.3 Å². The molecule has 0 unspecified atom stereocenters. The van der Waals surface area contributed by atoms with Crippen molar-refractivity contribution in [1.29, 1.82) is 0 Å². The van der Waals surface area contributed by atoms with Gasteiger partial charge in [-0.2, -0.15) is 0 Å². The second-order valence-corrected chi connectivity index (χ2v) is 7.52. The van der Waals surface area contributed by atoms with Crippen molar-refractivity contribution in [2.75, 3.05) is 11.1 Å². The van der Waals surface area contributed by atoms with Gasteiger partial charge >= 0.3 is 0 Å². The Morgan fingerprint density at radius 2 is 2.04 bits per heavy atom. The second kappa shape index (κ2) is 8.20. The Morgan fingerprint density at radius 1 is 1.27 bits per heavy atom. The first kappa shape index (κ1) is 18.2. The van der Waals surface area contributed by atoms with Crippen LogP contribution in [0.5, 0.6) is 0 Å². The molecule has 0 saturated carbocycles. The Kier molecular flexibility index (Phi) is 5.75. The van der Waals surface area contributed by atoms with Crippen molar-refractivity contribution < 1.29 is 9.59 Å². The normalized spacial score (nSPS) is 10.7. The predicted octanol–water partition coefficient (Wildman–Crippen LogP) is 3.20. The number of carbonyl (C=O) groups is 2. The summed E-state index contributed by atoms with van der Waals surface area (Å²) in [6.45, 7) is 1.97. The molecule has 3 rings (SSSR count). The summed E-state index contributed by atoms with van der Waals surface area (Å²) in [5, 5.41) is 5.61. The fraction of sp³-hybridized carbons (Fsp3) is 0.167. The minimum Gasteiger partial charge on any atom is -0.366 e. The molecule has 0 aliphatic rings. The van der Waals surface area contributed by atoms with Crippen molar-refractivity contribution in [3.05, 3.63) is 64.3 Å². The summed E-state index contributed by atoms with van der Waals surface area (Å²) < 4.78 is 0. The first-order valence-corrected chi connectivity index (χ1v) is 9.79. The largest absolute Gasteiger partial charge is 0.366 e. The number of anilines is 1. The average molecular weight is 387 g/mol. The molecule has 0 aliphatic heterocycles. The monoisotopic (exact) mass is 386 g/mol. The van der Waals surface area contributed by atoms with Crippen molar-refractivity contribution >= 4 is 39.9 Å². The number of hydrogen-bond donors (Lipinski definition) is 3. The molecule has 2 aromatic heterocycles. The lowest BCUT2D eigenvalue weighted by Gasteiger charge is -2.03. The van der Waals surface area contributed by atoms with Gasteiger partial charge in [-0.1, -0.05) is 42.1 Å². The van der Waals surface area contributed by atoms with Gasteiger partial charge in [0.25, 0.3) is 5.91 Å². The minimum absolute atomic E-state index is 0.188. The summed E-state index contributed by atoms with van der Waals surface area (Å²) >= 11 is 2.59. The molecule has 26 heavy (non-hydrogen) atoms. The zero-order valence-electron chi connectivity index (χ0n) is 14.1. The number of thioether (sulfide) groups is 1. The summed E-state index contributed by atoms with van der Waals surface area (Å²) in [4.78, 5) is 31.2. The van der Waals surface area contributed by atoms with E-state index in [4.69, 9.17) is 5.73 Å². The molecule has 134 valence electrons. The number of hydrogen-bond acceptors (Lipinski definition) is 5. The number of H-pyrrole nitrogens is 1. The van der Waals surface area contributed by atoms with Crippen LogP contribution in [-0.2, 0) is 11.2 Å². The van der Waals surface area contributed by atoms with Gasteiger partial charge in [0.1, 0.15) is 5.00 Å². The van der Waals surface area contributed by atoms with Crippen LogP contribution in [0.3, 0.4) is 0 Å². The fourth-order valence-corrected chi connectivity index (χ4v) is 3.94. The number of carbonyl (C=O) groups excluding carboxylic acids is 2. The molecule has 4 N–H and O–H groups in total. The third-order valence-electron chi connectivity index (χ3n) is 3.70. The van der Waals surface area contributed by atoms with Crippen LogP contribution in [0.2, 0.25) is 0 Å². The van der Waals surface area contributed by atoms with Crippen molar-refractivity contribution in [3.63, 3.8) is 0 Å². The second-order valence-electron chi connectivity index (χ2n) is 5.64. The van der Waals surface area contributed by atoms with E-state index in [1.165, 1.54) is 28.7 Å². The molecule has 0 spiro atoms. The van der Waals surface area contributed by atoms with Crippen LogP contribution >= 0.6 is 23.1 Å². The van der Waals surface area contributed by atoms with Crippen LogP contribution in [0.15, 0.2) is 46.9 Å². The van der Waals surface area contributed by atoms with Gasteiger partial charge in [0.2, 0.25) is 5.91 Å². The lowest BCUT2D eigenvalue weighted by Crippen LogP contribution is -2.17. The quantitative estimate of drug-likeness (QED) is 0.543. The van der Waals surface area contributed by atoms with Crippen LogP contribution < -0.4 is 11.1 Å². The molecular formula is C18H18N4O2S2. The van der Waals surface area contributed by atoms with Gasteiger partial charge in [0, 0.05) is 12.1 Å². The highest BCUT2D eigenvalue weighted by Crippen LogP contribution is 2.24. The number of nitrogens with one attached hydrogen (secondary N) is 2. The molecule has 0 bridgehead atoms. The first-order chi connectivity index (χ1) is 12.5. The summed E-state index contributed by atoms with van der Waals surface area (Å²) in [6, 6.07) is 11.7. The number of aromatic amines is 1. The molecule has 2 heterocycles. The lowest BCUT2D eigenvalue weighted by molar-refractivity contribution is -0.113. The van der Waals surface area contributed by atoms with Crippen LogP contribution in [0, 0.1) is 6.92 Å². The zero-order chi connectivity index (χ0) is 18.5. The Labute approximate surface area is 159 Å². The van der Waals surface area contributed by atoms with Gasteiger partial charge in [-0.05, 0) is 23.9 Å². The van der Waals surface area contributed by atoms with E-state index < -0.39 is 5.91 Å². The number of nitrogens with zero attached hydrogens (tertiary/aromatic N) is 1. The highest BCUT2D eigenvalue weighted by Gasteiger charge is 2.14. The molecule has 0 radical (unpaired) electrons. The number of thiophene rings is 1. The highest BCUT2D eigenvalue weighted by atomic mass is 32.2. The average Bonchev–Trinajstić information content (AvgIpc) is 3.21. The van der Waals surface area contributed by atoms with E-state index >= 15 is 0 Å². The van der Waals surface area contributed by atoms with E-state index in [0.717, 1.165) is 17.8 Å². The summed E-state index contributed by atoms with van der Waals surface area (Å²) in [6.07, 6.45) is 0.743. The maximum atomic E-state index is 12.1. The molecule has 0 fully saturated rings. The van der Waals surface area contributed by atoms with Gasteiger partial charge in [0.05, 0.1) is 17.0 Å². The molecule has 2 amide bonds. The number of rotatable bonds is 7. The summed E-state index contributed by atoms with van der Waals surface area (Å²) in [5.74, 6) is -0.576. The molecule has 1 aromatic carbocycles. The number of aryl methyl sites for hydroxylation is 1. The van der Waals surface area contributed by atoms with Gasteiger partial charge in [0.15, 0.2) is 5.16 Å². The van der Waals surface area contributed by atoms with E-state index in [1.807, 2.05) is 25.1 Å². The van der Waals surface area contributed by atoms with Crippen LogP contribution in [0.1, 0.15) is 27.3 Å². The molecule has 3 aromatic rings. The fourth-order valence-electron chi connectivity index (χ4n) is 2.39. The number of benzene rings is 1. The molecule has 0 atom stereocenters. The molecule has 0 aliphatic carbocycles. The van der Waals surface area contributed by atoms with Gasteiger partial charge in [-0.3, -0.25) is 9.59 Å². The zero-order valence-corrected chi connectivity index (χ0v) is 15.7. The van der Waals surface area contributed by atoms with Crippen LogP contribution in [-0.4, -0.2) is 27.5 Å². The maximum absolute atomic E-state index is 12.1. The van der Waals surface area contributed by atoms with Crippen molar-refractivity contribution in [2.24, 2.45) is 5.73 Å². The molecule has 6 nitrogen and oxygen atoms in total. The number of imidazole rings is 1. The van der Waals surface area contributed by atoms with Crippen molar-refractivity contribution in [3.8, 4) is 0 Å². The number of primary amides is 1. The maximum Gasteiger partial charge on any atom is 0.251 e. The number of nitrogens with two attached hydrogens (primary N) is 1. The number of aromatic nitrogens is 2. The van der Waals surface area contributed by atoms with Gasteiger partial charge in [-0.25, -0.2) is 4.98 Å². The topological polar surface area (TPSA) is 101 Å².